The van der Waals surface area contributed by atoms with E-state index >= 15 is 0 Å². The van der Waals surface area contributed by atoms with Crippen LogP contribution >= 0.6 is 21.8 Å². The fraction of sp³-hybridized carbons (Fsp3) is 0.0833. The molecule has 2 heterocycles. The van der Waals surface area contributed by atoms with E-state index in [0.29, 0.717) is 22.3 Å². The molecule has 2 N–H and O–H groups in total. The Kier molecular flexibility index (Phi) is 4.31. The van der Waals surface area contributed by atoms with Crippen molar-refractivity contribution in [3.05, 3.63) is 91.4 Å². The molecular formula is C24H20O4S2. The van der Waals surface area contributed by atoms with Gasteiger partial charge in [0.2, 0.25) is 0 Å². The van der Waals surface area contributed by atoms with E-state index in [0.717, 1.165) is 9.79 Å². The van der Waals surface area contributed by atoms with E-state index in [1.165, 1.54) is 0 Å². The van der Waals surface area contributed by atoms with E-state index in [-0.39, 0.29) is 22.6 Å². The maximum Gasteiger partial charge on any atom is 0.199 e. The van der Waals surface area contributed by atoms with Crippen molar-refractivity contribution in [2.75, 3.05) is 0 Å². The fourth-order valence-corrected chi connectivity index (χ4v) is 8.19. The lowest BCUT2D eigenvalue weighted by atomic mass is 9.81. The number of hydrogen-bond donors (Lipinski definition) is 4. The zero-order chi connectivity index (χ0) is 21.2. The van der Waals surface area contributed by atoms with Crippen LogP contribution in [0.25, 0.3) is 0 Å². The van der Waals surface area contributed by atoms with Crippen molar-refractivity contribution in [3.63, 3.8) is 0 Å². The van der Waals surface area contributed by atoms with E-state index in [1.54, 1.807) is 19.9 Å². The molecule has 0 unspecified atom stereocenters. The van der Waals surface area contributed by atoms with E-state index in [9.17, 15) is 19.8 Å². The number of rotatable bonds is 2. The van der Waals surface area contributed by atoms with E-state index in [2.05, 4.69) is 21.6 Å². The van der Waals surface area contributed by atoms with Crippen LogP contribution in [0.4, 0.5) is 0 Å². The highest BCUT2D eigenvalue weighted by molar-refractivity contribution is 8.25. The monoisotopic (exact) mass is 436 g/mol. The summed E-state index contributed by atoms with van der Waals surface area (Å²) in [4.78, 5) is 29.1. The first-order valence-electron chi connectivity index (χ1n) is 9.50. The summed E-state index contributed by atoms with van der Waals surface area (Å²) in [5.41, 5.74) is 1.29. The summed E-state index contributed by atoms with van der Waals surface area (Å²) in [6.07, 6.45) is 7.92. The number of thiol groups is 2. The number of allylic oxidation sites excluding steroid dienone is 4. The number of phenols is 2. The van der Waals surface area contributed by atoms with Crippen molar-refractivity contribution < 1.29 is 19.8 Å². The van der Waals surface area contributed by atoms with Crippen LogP contribution in [0.1, 0.15) is 43.0 Å². The molecule has 0 saturated carbocycles. The van der Waals surface area contributed by atoms with Gasteiger partial charge in [-0.25, -0.2) is 0 Å². The molecule has 5 rings (SSSR count). The van der Waals surface area contributed by atoms with Crippen LogP contribution < -0.4 is 0 Å². The minimum Gasteiger partial charge on any atom is -0.507 e. The van der Waals surface area contributed by atoms with Gasteiger partial charge in [0.25, 0.3) is 0 Å². The zero-order valence-electron chi connectivity index (χ0n) is 16.4. The number of hydrogen-bond acceptors (Lipinski definition) is 4. The third kappa shape index (κ3) is 2.50. The molecule has 3 aliphatic rings. The predicted octanol–water partition coefficient (Wildman–Crippen LogP) is 5.29. The lowest BCUT2D eigenvalue weighted by Crippen LogP contribution is -2.23. The second-order valence-electron chi connectivity index (χ2n) is 7.39. The largest absolute Gasteiger partial charge is 0.507 e. The number of ketones is 2. The van der Waals surface area contributed by atoms with Crippen LogP contribution in [-0.4, -0.2) is 21.8 Å². The number of fused-ring (bicyclic) bond motifs is 2. The lowest BCUT2D eigenvalue weighted by Gasteiger charge is -2.29. The first kappa shape index (κ1) is 19.0. The predicted molar refractivity (Wildman–Crippen MR) is 124 cm³/mol. The molecule has 152 valence electrons. The molecule has 4 nitrogen and oxygen atoms in total. The van der Waals surface area contributed by atoms with Crippen LogP contribution in [0, 0.1) is 13.8 Å². The van der Waals surface area contributed by atoms with Gasteiger partial charge in [0.15, 0.2) is 11.6 Å². The molecule has 2 aromatic carbocycles. The Hall–Kier alpha value is -2.96. The van der Waals surface area contributed by atoms with E-state index in [1.807, 2.05) is 30.4 Å². The SMILES string of the molecule is Cc1c(C)c(O)c2c(c1O)C(=O)c1ccc([SH]3C=CC=C3)c([SH]3C=CC=C3)c1C2=O. The van der Waals surface area contributed by atoms with Crippen LogP contribution in [0.3, 0.4) is 0 Å². The lowest BCUT2D eigenvalue weighted by molar-refractivity contribution is 0.0971. The van der Waals surface area contributed by atoms with Crippen molar-refractivity contribution in [1.29, 1.82) is 0 Å². The van der Waals surface area contributed by atoms with Gasteiger partial charge >= 0.3 is 0 Å². The van der Waals surface area contributed by atoms with Gasteiger partial charge in [0, 0.05) is 20.9 Å². The highest BCUT2D eigenvalue weighted by atomic mass is 32.2. The maximum atomic E-state index is 13.7. The Balaban J connectivity index is 1.85. The summed E-state index contributed by atoms with van der Waals surface area (Å²) < 4.78 is 0. The highest BCUT2D eigenvalue weighted by Gasteiger charge is 2.39. The third-order valence-corrected chi connectivity index (χ3v) is 9.88. The summed E-state index contributed by atoms with van der Waals surface area (Å²) in [7, 11) is -1.59. The molecule has 1 aliphatic carbocycles. The Bertz CT molecular complexity index is 1260. The molecule has 0 atom stereocenters. The maximum absolute atomic E-state index is 13.7. The summed E-state index contributed by atoms with van der Waals surface area (Å²) in [5.74, 6) is -1.27. The van der Waals surface area contributed by atoms with Crippen LogP contribution in [-0.2, 0) is 0 Å². The molecule has 0 fully saturated rings. The quantitative estimate of drug-likeness (QED) is 0.325. The Morgan fingerprint density at radius 3 is 1.73 bits per heavy atom. The van der Waals surface area contributed by atoms with Gasteiger partial charge in [-0.05, 0) is 58.7 Å². The van der Waals surface area contributed by atoms with Gasteiger partial charge in [-0.2, -0.15) is 21.8 Å². The van der Waals surface area contributed by atoms with Gasteiger partial charge in [-0.15, -0.1) is 0 Å². The molecule has 30 heavy (non-hydrogen) atoms. The number of aromatic hydroxyl groups is 2. The number of phenolic OH excluding ortho intramolecular Hbond substituents is 2. The second-order valence-corrected chi connectivity index (χ2v) is 11.1. The average Bonchev–Trinajstić information content (AvgIpc) is 3.46. The zero-order valence-corrected chi connectivity index (χ0v) is 18.2. The van der Waals surface area contributed by atoms with Crippen LogP contribution in [0.15, 0.2) is 67.9 Å². The summed E-state index contributed by atoms with van der Waals surface area (Å²) in [5, 5.41) is 29.8. The summed E-state index contributed by atoms with van der Waals surface area (Å²) >= 11 is 0. The van der Waals surface area contributed by atoms with Crippen LogP contribution in [0.5, 0.6) is 11.5 Å². The molecule has 6 heteroatoms. The molecule has 0 amide bonds. The number of benzene rings is 2. The first-order chi connectivity index (χ1) is 14.4. The molecule has 2 aromatic rings. The van der Waals surface area contributed by atoms with Crippen molar-refractivity contribution in [1.82, 2.24) is 0 Å². The normalized spacial score (nSPS) is 18.5. The standard InChI is InChI=1S/C24H20O4S2/c1-13-14(2)21(26)19-18(20(13)25)22(27)15-7-8-16(29-9-3-4-10-29)24(17(15)23(19)28)30-11-5-6-12-30/h3-12,25-26,29-30H,1-2H3. The minimum atomic E-state index is -0.888. The molecule has 0 spiro atoms. The second kappa shape index (κ2) is 6.79. The topological polar surface area (TPSA) is 74.6 Å². The Morgan fingerprint density at radius 1 is 0.667 bits per heavy atom. The smallest absolute Gasteiger partial charge is 0.199 e. The minimum absolute atomic E-state index is 0.0843. The van der Waals surface area contributed by atoms with Gasteiger partial charge in [0.05, 0.1) is 11.1 Å². The Labute approximate surface area is 179 Å². The molecule has 0 aromatic heterocycles. The van der Waals surface area contributed by atoms with E-state index < -0.39 is 33.4 Å². The van der Waals surface area contributed by atoms with Crippen molar-refractivity contribution in [3.8, 4) is 11.5 Å². The number of carbonyl (C=O) groups is 2. The molecular weight excluding hydrogens is 416 g/mol. The Morgan fingerprint density at radius 2 is 1.17 bits per heavy atom. The first-order valence-corrected chi connectivity index (χ1v) is 12.5. The van der Waals surface area contributed by atoms with Crippen molar-refractivity contribution >= 4 is 33.4 Å². The molecule has 0 radical (unpaired) electrons. The molecule has 2 aliphatic heterocycles. The van der Waals surface area contributed by atoms with Gasteiger partial charge in [-0.3, -0.25) is 9.59 Å². The van der Waals surface area contributed by atoms with Crippen molar-refractivity contribution in [2.24, 2.45) is 0 Å². The number of carbonyl (C=O) groups excluding carboxylic acids is 2. The summed E-state index contributed by atoms with van der Waals surface area (Å²) in [6.45, 7) is 3.27. The van der Waals surface area contributed by atoms with E-state index in [4.69, 9.17) is 0 Å². The van der Waals surface area contributed by atoms with Crippen molar-refractivity contribution in [2.45, 2.75) is 23.6 Å². The van der Waals surface area contributed by atoms with Gasteiger partial charge in [0.1, 0.15) is 11.5 Å². The third-order valence-electron chi connectivity index (χ3n) is 5.82. The summed E-state index contributed by atoms with van der Waals surface area (Å²) in [6, 6.07) is 3.64. The molecule has 0 bridgehead atoms. The van der Waals surface area contributed by atoms with Gasteiger partial charge < -0.3 is 10.2 Å². The highest BCUT2D eigenvalue weighted by Crippen LogP contribution is 2.56. The van der Waals surface area contributed by atoms with Crippen LogP contribution in [0.2, 0.25) is 0 Å². The van der Waals surface area contributed by atoms with Gasteiger partial charge in [-0.1, -0.05) is 24.3 Å². The average molecular weight is 437 g/mol. The fourth-order valence-electron chi connectivity index (χ4n) is 4.12. The molecule has 0 saturated heterocycles.